The number of nitrogens with zero attached hydrogens (tertiary/aromatic N) is 2. The van der Waals surface area contributed by atoms with Crippen LogP contribution < -0.4 is 9.64 Å². The van der Waals surface area contributed by atoms with Gasteiger partial charge in [-0.25, -0.2) is 4.98 Å². The monoisotopic (exact) mass is 214 g/mol. The second-order valence-corrected chi connectivity index (χ2v) is 4.09. The smallest absolute Gasteiger partial charge is 0.195 e. The minimum atomic E-state index is 0.794. The van der Waals surface area contributed by atoms with Gasteiger partial charge in [0.25, 0.3) is 0 Å². The summed E-state index contributed by atoms with van der Waals surface area (Å²) in [6.45, 7) is 3.61. The van der Waals surface area contributed by atoms with Crippen LogP contribution in [0.5, 0.6) is 5.06 Å². The van der Waals surface area contributed by atoms with Gasteiger partial charge < -0.3 is 14.4 Å². The normalized spacial score (nSPS) is 17.9. The zero-order chi connectivity index (χ0) is 9.80. The minimum Gasteiger partial charge on any atom is -0.486 e. The Hall–Kier alpha value is -0.810. The van der Waals surface area contributed by atoms with Gasteiger partial charge in [-0.15, -0.1) is 0 Å². The Balaban J connectivity index is 2.04. The van der Waals surface area contributed by atoms with Crippen LogP contribution in [0.2, 0.25) is 0 Å². The van der Waals surface area contributed by atoms with Gasteiger partial charge in [0.2, 0.25) is 0 Å². The molecule has 78 valence electrons. The van der Waals surface area contributed by atoms with E-state index in [0.717, 1.165) is 42.9 Å². The summed E-state index contributed by atoms with van der Waals surface area (Å²) in [7, 11) is 1.67. The van der Waals surface area contributed by atoms with Crippen molar-refractivity contribution in [3.63, 3.8) is 0 Å². The predicted octanol–water partition coefficient (Wildman–Crippen LogP) is 1.38. The van der Waals surface area contributed by atoms with Gasteiger partial charge in [0.1, 0.15) is 0 Å². The van der Waals surface area contributed by atoms with E-state index in [9.17, 15) is 0 Å². The summed E-state index contributed by atoms with van der Waals surface area (Å²) in [6.07, 6.45) is 2.84. The standard InChI is InChI=1S/C9H14N2O2S/c1-12-8-7-10-9(14-8)11-3-2-5-13-6-4-11/h7H,2-6H2,1H3. The molecule has 0 aromatic carbocycles. The lowest BCUT2D eigenvalue weighted by Crippen LogP contribution is -2.25. The van der Waals surface area contributed by atoms with Crippen LogP contribution in [-0.4, -0.2) is 38.4 Å². The number of hydrogen-bond donors (Lipinski definition) is 0. The van der Waals surface area contributed by atoms with Crippen molar-refractivity contribution in [2.45, 2.75) is 6.42 Å². The molecule has 1 aliphatic heterocycles. The molecular weight excluding hydrogens is 200 g/mol. The second kappa shape index (κ2) is 4.61. The number of methoxy groups -OCH3 is 1. The van der Waals surface area contributed by atoms with E-state index in [-0.39, 0.29) is 0 Å². The molecule has 0 aliphatic carbocycles. The van der Waals surface area contributed by atoms with E-state index in [1.165, 1.54) is 0 Å². The van der Waals surface area contributed by atoms with Crippen molar-refractivity contribution in [2.24, 2.45) is 0 Å². The quantitative estimate of drug-likeness (QED) is 0.745. The van der Waals surface area contributed by atoms with Crippen LogP contribution >= 0.6 is 11.3 Å². The fraction of sp³-hybridized carbons (Fsp3) is 0.667. The molecule has 1 aromatic heterocycles. The fourth-order valence-corrected chi connectivity index (χ4v) is 2.21. The van der Waals surface area contributed by atoms with E-state index in [2.05, 4.69) is 9.88 Å². The maximum atomic E-state index is 5.38. The summed E-state index contributed by atoms with van der Waals surface area (Å²) in [6, 6.07) is 0. The molecule has 1 aromatic rings. The summed E-state index contributed by atoms with van der Waals surface area (Å²) in [5.74, 6) is 0. The Morgan fingerprint density at radius 3 is 3.21 bits per heavy atom. The molecule has 0 spiro atoms. The highest BCUT2D eigenvalue weighted by molar-refractivity contribution is 7.17. The Labute approximate surface area is 87.5 Å². The van der Waals surface area contributed by atoms with Crippen molar-refractivity contribution in [1.29, 1.82) is 0 Å². The number of hydrogen-bond acceptors (Lipinski definition) is 5. The predicted molar refractivity (Wildman–Crippen MR) is 56.3 cm³/mol. The van der Waals surface area contributed by atoms with Gasteiger partial charge in [-0.05, 0) is 6.42 Å². The zero-order valence-corrected chi connectivity index (χ0v) is 9.05. The van der Waals surface area contributed by atoms with Crippen LogP contribution in [0.3, 0.4) is 0 Å². The van der Waals surface area contributed by atoms with Crippen LogP contribution in [0.15, 0.2) is 6.20 Å². The molecule has 2 heterocycles. The minimum absolute atomic E-state index is 0.794. The van der Waals surface area contributed by atoms with E-state index in [1.54, 1.807) is 24.6 Å². The molecule has 0 unspecified atom stereocenters. The largest absolute Gasteiger partial charge is 0.486 e. The van der Waals surface area contributed by atoms with Gasteiger partial charge in [-0.3, -0.25) is 0 Å². The zero-order valence-electron chi connectivity index (χ0n) is 8.23. The number of aromatic nitrogens is 1. The van der Waals surface area contributed by atoms with E-state index in [0.29, 0.717) is 0 Å². The van der Waals surface area contributed by atoms with Gasteiger partial charge in [-0.2, -0.15) is 0 Å². The average molecular weight is 214 g/mol. The fourth-order valence-electron chi connectivity index (χ4n) is 1.43. The van der Waals surface area contributed by atoms with Gasteiger partial charge in [0, 0.05) is 19.7 Å². The van der Waals surface area contributed by atoms with Gasteiger partial charge in [-0.1, -0.05) is 11.3 Å². The topological polar surface area (TPSA) is 34.6 Å². The number of rotatable bonds is 2. The first-order valence-corrected chi connectivity index (χ1v) is 5.54. The highest BCUT2D eigenvalue weighted by Crippen LogP contribution is 2.28. The van der Waals surface area contributed by atoms with E-state index >= 15 is 0 Å². The maximum absolute atomic E-state index is 5.38. The van der Waals surface area contributed by atoms with Gasteiger partial charge >= 0.3 is 0 Å². The molecule has 0 N–H and O–H groups in total. The van der Waals surface area contributed by atoms with Crippen molar-refractivity contribution in [1.82, 2.24) is 4.98 Å². The first-order valence-electron chi connectivity index (χ1n) is 4.72. The highest BCUT2D eigenvalue weighted by Gasteiger charge is 2.13. The Morgan fingerprint density at radius 1 is 1.50 bits per heavy atom. The molecule has 1 aliphatic rings. The summed E-state index contributed by atoms with van der Waals surface area (Å²) in [5, 5.41) is 1.90. The number of thiazole rings is 1. The molecule has 1 fully saturated rings. The van der Waals surface area contributed by atoms with Crippen molar-refractivity contribution < 1.29 is 9.47 Å². The lowest BCUT2D eigenvalue weighted by molar-refractivity contribution is 0.152. The molecule has 0 radical (unpaired) electrons. The van der Waals surface area contributed by atoms with Crippen molar-refractivity contribution >= 4 is 16.5 Å². The molecule has 14 heavy (non-hydrogen) atoms. The van der Waals surface area contributed by atoms with Crippen LogP contribution in [-0.2, 0) is 4.74 Å². The second-order valence-electron chi connectivity index (χ2n) is 3.12. The lowest BCUT2D eigenvalue weighted by atomic mass is 10.4. The third-order valence-corrected chi connectivity index (χ3v) is 3.19. The van der Waals surface area contributed by atoms with Crippen LogP contribution in [0.25, 0.3) is 0 Å². The first kappa shape index (κ1) is 9.73. The van der Waals surface area contributed by atoms with E-state index < -0.39 is 0 Å². The molecule has 2 rings (SSSR count). The summed E-state index contributed by atoms with van der Waals surface area (Å²) in [5.41, 5.74) is 0. The summed E-state index contributed by atoms with van der Waals surface area (Å²) < 4.78 is 10.5. The molecule has 0 amide bonds. The molecule has 0 saturated carbocycles. The first-order chi connectivity index (χ1) is 6.90. The molecular formula is C9H14N2O2S. The van der Waals surface area contributed by atoms with Gasteiger partial charge in [0.15, 0.2) is 10.2 Å². The lowest BCUT2D eigenvalue weighted by Gasteiger charge is -2.17. The third-order valence-electron chi connectivity index (χ3n) is 2.17. The Bertz CT molecular complexity index is 282. The summed E-state index contributed by atoms with van der Waals surface area (Å²) >= 11 is 1.59. The molecule has 0 atom stereocenters. The molecule has 5 heteroatoms. The van der Waals surface area contributed by atoms with Crippen molar-refractivity contribution in [2.75, 3.05) is 38.3 Å². The molecule has 0 bridgehead atoms. The maximum Gasteiger partial charge on any atom is 0.195 e. The number of anilines is 1. The molecule has 1 saturated heterocycles. The van der Waals surface area contributed by atoms with Crippen LogP contribution in [0, 0.1) is 0 Å². The van der Waals surface area contributed by atoms with Crippen LogP contribution in [0.4, 0.5) is 5.13 Å². The average Bonchev–Trinajstić information content (AvgIpc) is 2.53. The van der Waals surface area contributed by atoms with Gasteiger partial charge in [0.05, 0.1) is 19.9 Å². The number of ether oxygens (including phenoxy) is 2. The van der Waals surface area contributed by atoms with E-state index in [4.69, 9.17) is 9.47 Å². The van der Waals surface area contributed by atoms with Crippen LogP contribution in [0.1, 0.15) is 6.42 Å². The van der Waals surface area contributed by atoms with Crippen molar-refractivity contribution in [3.05, 3.63) is 6.20 Å². The van der Waals surface area contributed by atoms with Crippen molar-refractivity contribution in [3.8, 4) is 5.06 Å². The SMILES string of the molecule is COc1cnc(N2CCCOCC2)s1. The Kier molecular flexibility index (Phi) is 3.21. The summed E-state index contributed by atoms with van der Waals surface area (Å²) in [4.78, 5) is 6.57. The Morgan fingerprint density at radius 2 is 2.43 bits per heavy atom. The third kappa shape index (κ3) is 2.16. The molecule has 4 nitrogen and oxygen atoms in total. The highest BCUT2D eigenvalue weighted by atomic mass is 32.1. The van der Waals surface area contributed by atoms with E-state index in [1.807, 2.05) is 0 Å².